The van der Waals surface area contributed by atoms with Gasteiger partial charge in [0.2, 0.25) is 0 Å². The van der Waals surface area contributed by atoms with E-state index in [0.717, 1.165) is 5.92 Å². The van der Waals surface area contributed by atoms with Crippen LogP contribution < -0.4 is 0 Å². The molecule has 1 nitrogen and oxygen atoms in total. The van der Waals surface area contributed by atoms with Crippen molar-refractivity contribution in [3.63, 3.8) is 0 Å². The number of rotatable bonds is 1. The SMILES string of the molecule is C[C@H](O)C1=CC[C@H]2C[C@@H]1C2(C)C. The van der Waals surface area contributed by atoms with Gasteiger partial charge in [0.25, 0.3) is 0 Å². The van der Waals surface area contributed by atoms with Crippen molar-refractivity contribution in [3.05, 3.63) is 11.6 Å². The number of aliphatic hydroxyl groups excluding tert-OH is 1. The van der Waals surface area contributed by atoms with Crippen LogP contribution in [0.4, 0.5) is 0 Å². The van der Waals surface area contributed by atoms with Crippen LogP contribution in [0.2, 0.25) is 0 Å². The highest BCUT2D eigenvalue weighted by atomic mass is 16.3. The topological polar surface area (TPSA) is 20.2 Å². The molecule has 3 aliphatic rings. The molecule has 2 bridgehead atoms. The third kappa shape index (κ3) is 0.891. The molecule has 0 heterocycles. The van der Waals surface area contributed by atoms with Gasteiger partial charge in [0.15, 0.2) is 0 Å². The van der Waals surface area contributed by atoms with E-state index in [4.69, 9.17) is 0 Å². The number of fused-ring (bicyclic) bond motifs is 1. The molecular weight excluding hydrogens is 148 g/mol. The molecule has 0 aromatic heterocycles. The van der Waals surface area contributed by atoms with E-state index in [1.54, 1.807) is 0 Å². The van der Waals surface area contributed by atoms with Gasteiger partial charge in [-0.2, -0.15) is 0 Å². The van der Waals surface area contributed by atoms with Crippen molar-refractivity contribution >= 4 is 0 Å². The van der Waals surface area contributed by atoms with Gasteiger partial charge in [0.05, 0.1) is 6.10 Å². The molecule has 1 heteroatoms. The van der Waals surface area contributed by atoms with Crippen molar-refractivity contribution < 1.29 is 5.11 Å². The lowest BCUT2D eigenvalue weighted by molar-refractivity contribution is -0.0198. The Morgan fingerprint density at radius 3 is 2.58 bits per heavy atom. The average molecular weight is 166 g/mol. The van der Waals surface area contributed by atoms with E-state index in [-0.39, 0.29) is 6.10 Å². The number of allylic oxidation sites excluding steroid dienone is 1. The van der Waals surface area contributed by atoms with Crippen molar-refractivity contribution in [2.24, 2.45) is 17.3 Å². The zero-order valence-electron chi connectivity index (χ0n) is 8.17. The maximum atomic E-state index is 9.54. The van der Waals surface area contributed by atoms with Gasteiger partial charge in [0.1, 0.15) is 0 Å². The Labute approximate surface area is 74.5 Å². The predicted molar refractivity (Wildman–Crippen MR) is 49.8 cm³/mol. The minimum absolute atomic E-state index is 0.226. The van der Waals surface area contributed by atoms with Crippen LogP contribution in [-0.4, -0.2) is 11.2 Å². The van der Waals surface area contributed by atoms with E-state index in [1.807, 2.05) is 6.92 Å². The van der Waals surface area contributed by atoms with Gasteiger partial charge in [-0.25, -0.2) is 0 Å². The maximum absolute atomic E-state index is 9.54. The molecule has 0 aromatic carbocycles. The molecule has 0 radical (unpaired) electrons. The van der Waals surface area contributed by atoms with Gasteiger partial charge in [-0.15, -0.1) is 0 Å². The maximum Gasteiger partial charge on any atom is 0.0724 e. The second-order valence-corrected chi connectivity index (χ2v) is 4.92. The van der Waals surface area contributed by atoms with E-state index in [0.29, 0.717) is 11.3 Å². The molecule has 3 atom stereocenters. The Morgan fingerprint density at radius 1 is 1.58 bits per heavy atom. The molecule has 3 aliphatic carbocycles. The van der Waals surface area contributed by atoms with E-state index in [2.05, 4.69) is 19.9 Å². The summed E-state index contributed by atoms with van der Waals surface area (Å²) in [4.78, 5) is 0. The molecule has 1 N–H and O–H groups in total. The second-order valence-electron chi connectivity index (χ2n) is 4.92. The zero-order valence-corrected chi connectivity index (χ0v) is 8.17. The summed E-state index contributed by atoms with van der Waals surface area (Å²) < 4.78 is 0. The van der Waals surface area contributed by atoms with Crippen molar-refractivity contribution in [2.75, 3.05) is 0 Å². The summed E-state index contributed by atoms with van der Waals surface area (Å²) in [5, 5.41) is 9.54. The molecule has 3 rings (SSSR count). The lowest BCUT2D eigenvalue weighted by Crippen LogP contribution is -2.49. The minimum Gasteiger partial charge on any atom is -0.389 e. The minimum atomic E-state index is -0.226. The fourth-order valence-corrected chi connectivity index (χ4v) is 2.86. The van der Waals surface area contributed by atoms with Gasteiger partial charge in [-0.1, -0.05) is 19.9 Å². The summed E-state index contributed by atoms with van der Waals surface area (Å²) in [6.45, 7) is 6.56. The quantitative estimate of drug-likeness (QED) is 0.593. The average Bonchev–Trinajstić information content (AvgIpc) is 2.04. The summed E-state index contributed by atoms with van der Waals surface area (Å²) in [7, 11) is 0. The fourth-order valence-electron chi connectivity index (χ4n) is 2.86. The summed E-state index contributed by atoms with van der Waals surface area (Å²) in [5.74, 6) is 1.54. The van der Waals surface area contributed by atoms with Gasteiger partial charge >= 0.3 is 0 Å². The van der Waals surface area contributed by atoms with Crippen LogP contribution in [0.1, 0.15) is 33.6 Å². The first-order chi connectivity index (χ1) is 5.53. The lowest BCUT2D eigenvalue weighted by atomic mass is 9.48. The first-order valence-corrected chi connectivity index (χ1v) is 4.91. The van der Waals surface area contributed by atoms with E-state index in [9.17, 15) is 5.11 Å². The summed E-state index contributed by atoms with van der Waals surface area (Å²) in [6, 6.07) is 0. The lowest BCUT2D eigenvalue weighted by Gasteiger charge is -2.57. The van der Waals surface area contributed by atoms with Crippen molar-refractivity contribution in [1.29, 1.82) is 0 Å². The van der Waals surface area contributed by atoms with Crippen LogP contribution in [0.5, 0.6) is 0 Å². The molecule has 12 heavy (non-hydrogen) atoms. The van der Waals surface area contributed by atoms with Gasteiger partial charge in [0, 0.05) is 0 Å². The van der Waals surface area contributed by atoms with Gasteiger partial charge < -0.3 is 5.11 Å². The Kier molecular flexibility index (Phi) is 1.63. The molecule has 68 valence electrons. The molecule has 0 aliphatic heterocycles. The second kappa shape index (κ2) is 2.35. The number of hydrogen-bond donors (Lipinski definition) is 1. The van der Waals surface area contributed by atoms with Crippen molar-refractivity contribution in [1.82, 2.24) is 0 Å². The highest BCUT2D eigenvalue weighted by Gasteiger charge is 2.51. The predicted octanol–water partition coefficient (Wildman–Crippen LogP) is 2.36. The van der Waals surface area contributed by atoms with Gasteiger partial charge in [-0.3, -0.25) is 0 Å². The Hall–Kier alpha value is -0.300. The van der Waals surface area contributed by atoms with Crippen molar-refractivity contribution in [3.8, 4) is 0 Å². The molecular formula is C11H18O. The van der Waals surface area contributed by atoms with Crippen LogP contribution in [0.15, 0.2) is 11.6 Å². The van der Waals surface area contributed by atoms with Crippen LogP contribution >= 0.6 is 0 Å². The third-order valence-corrected chi connectivity index (χ3v) is 3.99. The summed E-state index contributed by atoms with van der Waals surface area (Å²) in [6.07, 6.45) is 4.53. The molecule has 1 fully saturated rings. The molecule has 0 spiro atoms. The van der Waals surface area contributed by atoms with E-state index in [1.165, 1.54) is 18.4 Å². The highest BCUT2D eigenvalue weighted by Crippen LogP contribution is 2.59. The standard InChI is InChI=1S/C11H18O/c1-7(12)9-5-4-8-6-10(9)11(8,2)3/h5,7-8,10,12H,4,6H2,1-3H3/t7-,8-,10-/m0/s1. The fraction of sp³-hybridized carbons (Fsp3) is 0.818. The third-order valence-electron chi connectivity index (χ3n) is 3.99. The Balaban J connectivity index is 2.24. The smallest absolute Gasteiger partial charge is 0.0724 e. The van der Waals surface area contributed by atoms with E-state index >= 15 is 0 Å². The molecule has 0 amide bonds. The van der Waals surface area contributed by atoms with E-state index < -0.39 is 0 Å². The molecule has 0 aromatic rings. The summed E-state index contributed by atoms with van der Waals surface area (Å²) >= 11 is 0. The normalized spacial score (nSPS) is 39.8. The largest absolute Gasteiger partial charge is 0.389 e. The highest BCUT2D eigenvalue weighted by molar-refractivity contribution is 5.25. The van der Waals surface area contributed by atoms with Crippen LogP contribution in [0.25, 0.3) is 0 Å². The molecule has 0 saturated heterocycles. The monoisotopic (exact) mass is 166 g/mol. The van der Waals surface area contributed by atoms with Crippen LogP contribution in [-0.2, 0) is 0 Å². The summed E-state index contributed by atoms with van der Waals surface area (Å²) in [5.41, 5.74) is 1.75. The Bertz CT molecular complexity index is 225. The van der Waals surface area contributed by atoms with Gasteiger partial charge in [-0.05, 0) is 42.6 Å². The van der Waals surface area contributed by atoms with Crippen LogP contribution in [0.3, 0.4) is 0 Å². The Morgan fingerprint density at radius 2 is 2.25 bits per heavy atom. The van der Waals surface area contributed by atoms with Crippen molar-refractivity contribution in [2.45, 2.75) is 39.7 Å². The molecule has 0 unspecified atom stereocenters. The first-order valence-electron chi connectivity index (χ1n) is 4.91. The molecule has 1 saturated carbocycles. The number of aliphatic hydroxyl groups is 1. The number of hydrogen-bond acceptors (Lipinski definition) is 1. The van der Waals surface area contributed by atoms with Crippen LogP contribution in [0, 0.1) is 17.3 Å². The first kappa shape index (κ1) is 8.31. The zero-order chi connectivity index (χ0) is 8.93.